The summed E-state index contributed by atoms with van der Waals surface area (Å²) in [5.41, 5.74) is 1.91. The predicted molar refractivity (Wildman–Crippen MR) is 103 cm³/mol. The predicted octanol–water partition coefficient (Wildman–Crippen LogP) is 3.47. The Morgan fingerprint density at radius 1 is 1.30 bits per heavy atom. The minimum atomic E-state index is -0.551. The molecule has 27 heavy (non-hydrogen) atoms. The molecule has 1 atom stereocenters. The van der Waals surface area contributed by atoms with Crippen LogP contribution < -0.4 is 10.1 Å². The highest BCUT2D eigenvalue weighted by atomic mass is 79.9. The van der Waals surface area contributed by atoms with Crippen LogP contribution in [-0.4, -0.2) is 39.4 Å². The number of benzene rings is 1. The zero-order chi connectivity index (χ0) is 19.4. The molecule has 1 aliphatic rings. The maximum atomic E-state index is 12.8. The first-order valence-electron chi connectivity index (χ1n) is 8.91. The van der Waals surface area contributed by atoms with Crippen molar-refractivity contribution in [3.63, 3.8) is 0 Å². The van der Waals surface area contributed by atoms with Gasteiger partial charge >= 0.3 is 5.97 Å². The summed E-state index contributed by atoms with van der Waals surface area (Å²) in [5.74, 6) is 0.752. The second-order valence-corrected chi connectivity index (χ2v) is 7.10. The molecule has 2 heterocycles. The molecular formula is C18H22BrN5O3. The van der Waals surface area contributed by atoms with E-state index < -0.39 is 12.0 Å². The molecule has 2 aromatic rings. The number of anilines is 1. The zero-order valence-electron chi connectivity index (χ0n) is 15.5. The Hall–Kier alpha value is -2.42. The van der Waals surface area contributed by atoms with E-state index in [0.717, 1.165) is 22.9 Å². The van der Waals surface area contributed by atoms with Crippen molar-refractivity contribution in [2.24, 2.45) is 0 Å². The summed E-state index contributed by atoms with van der Waals surface area (Å²) in [6.07, 6.45) is 1.62. The van der Waals surface area contributed by atoms with Gasteiger partial charge in [-0.1, -0.05) is 34.9 Å². The maximum absolute atomic E-state index is 12.8. The van der Waals surface area contributed by atoms with Crippen molar-refractivity contribution in [1.82, 2.24) is 20.2 Å². The molecule has 0 spiro atoms. The molecule has 1 aromatic carbocycles. The second-order valence-electron chi connectivity index (χ2n) is 6.18. The van der Waals surface area contributed by atoms with Gasteiger partial charge in [0, 0.05) is 15.7 Å². The summed E-state index contributed by atoms with van der Waals surface area (Å²) in [7, 11) is 0. The first kappa shape index (κ1) is 19.3. The Kier molecular flexibility index (Phi) is 6.10. The van der Waals surface area contributed by atoms with Crippen LogP contribution >= 0.6 is 15.9 Å². The number of allylic oxidation sites excluding steroid dienone is 1. The highest BCUT2D eigenvalue weighted by molar-refractivity contribution is 9.10. The van der Waals surface area contributed by atoms with Gasteiger partial charge in [0.1, 0.15) is 11.8 Å². The highest BCUT2D eigenvalue weighted by Crippen LogP contribution is 2.40. The lowest BCUT2D eigenvalue weighted by Gasteiger charge is -2.28. The summed E-state index contributed by atoms with van der Waals surface area (Å²) < 4.78 is 13.8. The third-order valence-corrected chi connectivity index (χ3v) is 4.59. The van der Waals surface area contributed by atoms with E-state index in [1.165, 1.54) is 0 Å². The maximum Gasteiger partial charge on any atom is 0.338 e. The van der Waals surface area contributed by atoms with Crippen LogP contribution in [0.3, 0.4) is 0 Å². The van der Waals surface area contributed by atoms with Gasteiger partial charge in [-0.3, -0.25) is 0 Å². The lowest BCUT2D eigenvalue weighted by Crippen LogP contribution is -2.30. The summed E-state index contributed by atoms with van der Waals surface area (Å²) in [4.78, 5) is 12.8. The number of nitrogens with zero attached hydrogens (tertiary/aromatic N) is 4. The van der Waals surface area contributed by atoms with Crippen molar-refractivity contribution in [2.45, 2.75) is 39.7 Å². The van der Waals surface area contributed by atoms with E-state index in [4.69, 9.17) is 9.47 Å². The average Bonchev–Trinajstić information content (AvgIpc) is 3.11. The fraction of sp³-hybridized carbons (Fsp3) is 0.444. The fourth-order valence-corrected chi connectivity index (χ4v) is 3.29. The SMILES string of the molecule is CCCOC(=O)C1=C(C)Nc2nnnn2[C@@H]1c1cc(Br)ccc1OCCC. The van der Waals surface area contributed by atoms with E-state index in [9.17, 15) is 4.79 Å². The number of carbonyl (C=O) groups excluding carboxylic acids is 1. The van der Waals surface area contributed by atoms with E-state index in [-0.39, 0.29) is 0 Å². The smallest absolute Gasteiger partial charge is 0.338 e. The van der Waals surface area contributed by atoms with Crippen LogP contribution in [0.25, 0.3) is 0 Å². The van der Waals surface area contributed by atoms with E-state index in [2.05, 4.69) is 36.8 Å². The molecule has 0 saturated heterocycles. The van der Waals surface area contributed by atoms with Gasteiger partial charge in [0.15, 0.2) is 0 Å². The van der Waals surface area contributed by atoms with Crippen LogP contribution in [0.15, 0.2) is 33.9 Å². The molecular weight excluding hydrogens is 414 g/mol. The van der Waals surface area contributed by atoms with Crippen LogP contribution in [0.1, 0.15) is 45.2 Å². The number of nitrogens with one attached hydrogen (secondary N) is 1. The summed E-state index contributed by atoms with van der Waals surface area (Å²) in [5, 5.41) is 14.9. The molecule has 0 amide bonds. The number of hydrogen-bond acceptors (Lipinski definition) is 7. The third kappa shape index (κ3) is 3.97. The molecule has 1 aromatic heterocycles. The monoisotopic (exact) mass is 435 g/mol. The summed E-state index contributed by atoms with van der Waals surface area (Å²) in [6, 6.07) is 5.16. The quantitative estimate of drug-likeness (QED) is 0.665. The Labute approximate surface area is 166 Å². The summed E-state index contributed by atoms with van der Waals surface area (Å²) in [6.45, 7) is 6.73. The molecule has 0 fully saturated rings. The number of ether oxygens (including phenoxy) is 2. The number of esters is 1. The zero-order valence-corrected chi connectivity index (χ0v) is 17.1. The first-order chi connectivity index (χ1) is 13.1. The molecule has 0 saturated carbocycles. The van der Waals surface area contributed by atoms with Crippen LogP contribution in [0, 0.1) is 0 Å². The van der Waals surface area contributed by atoms with Gasteiger partial charge in [-0.25, -0.2) is 4.79 Å². The molecule has 0 unspecified atom stereocenters. The van der Waals surface area contributed by atoms with Gasteiger partial charge in [0.25, 0.3) is 0 Å². The van der Waals surface area contributed by atoms with Crippen LogP contribution in [0.2, 0.25) is 0 Å². The number of rotatable bonds is 7. The molecule has 0 radical (unpaired) electrons. The van der Waals surface area contributed by atoms with Crippen LogP contribution in [-0.2, 0) is 9.53 Å². The number of halogens is 1. The minimum absolute atomic E-state index is 0.350. The molecule has 0 aliphatic carbocycles. The minimum Gasteiger partial charge on any atom is -0.493 e. The largest absolute Gasteiger partial charge is 0.493 e. The Bertz CT molecular complexity index is 864. The fourth-order valence-electron chi connectivity index (χ4n) is 2.91. The number of fused-ring (bicyclic) bond motifs is 1. The van der Waals surface area contributed by atoms with Gasteiger partial charge in [-0.2, -0.15) is 4.68 Å². The van der Waals surface area contributed by atoms with Gasteiger partial charge in [0.2, 0.25) is 5.95 Å². The van der Waals surface area contributed by atoms with Crippen molar-refractivity contribution in [3.8, 4) is 5.75 Å². The highest BCUT2D eigenvalue weighted by Gasteiger charge is 2.36. The Balaban J connectivity index is 2.13. The van der Waals surface area contributed by atoms with Gasteiger partial charge in [-0.05, 0) is 48.4 Å². The normalized spacial score (nSPS) is 15.9. The van der Waals surface area contributed by atoms with Crippen molar-refractivity contribution in [2.75, 3.05) is 18.5 Å². The van der Waals surface area contributed by atoms with Crippen molar-refractivity contribution in [3.05, 3.63) is 39.5 Å². The molecule has 0 bridgehead atoms. The topological polar surface area (TPSA) is 91.2 Å². The van der Waals surface area contributed by atoms with Crippen LogP contribution in [0.5, 0.6) is 5.75 Å². The lowest BCUT2D eigenvalue weighted by molar-refractivity contribution is -0.139. The Morgan fingerprint density at radius 3 is 2.81 bits per heavy atom. The number of aromatic nitrogens is 4. The molecule has 144 valence electrons. The summed E-state index contributed by atoms with van der Waals surface area (Å²) >= 11 is 3.51. The Morgan fingerprint density at radius 2 is 2.07 bits per heavy atom. The van der Waals surface area contributed by atoms with E-state index in [1.807, 2.05) is 39.0 Å². The van der Waals surface area contributed by atoms with E-state index >= 15 is 0 Å². The lowest BCUT2D eigenvalue weighted by atomic mass is 9.95. The van der Waals surface area contributed by atoms with Crippen molar-refractivity contribution < 1.29 is 14.3 Å². The molecule has 9 heteroatoms. The molecule has 1 aliphatic heterocycles. The van der Waals surface area contributed by atoms with E-state index in [0.29, 0.717) is 36.2 Å². The average molecular weight is 436 g/mol. The first-order valence-corrected chi connectivity index (χ1v) is 9.71. The van der Waals surface area contributed by atoms with Crippen molar-refractivity contribution in [1.29, 1.82) is 0 Å². The standard InChI is InChI=1S/C18H22BrN5O3/c1-4-8-26-14-7-6-12(19)10-13(14)16-15(17(25)27-9-5-2)11(3)20-18-21-22-23-24(16)18/h6-7,10,16H,4-5,8-9H2,1-3H3,(H,20,21,23)/t16-/m1/s1. The number of hydrogen-bond donors (Lipinski definition) is 1. The van der Waals surface area contributed by atoms with Gasteiger partial charge in [0.05, 0.1) is 18.8 Å². The number of tetrazole rings is 1. The van der Waals surface area contributed by atoms with E-state index in [1.54, 1.807) is 4.68 Å². The molecule has 8 nitrogen and oxygen atoms in total. The molecule has 3 rings (SSSR count). The molecule has 1 N–H and O–H groups in total. The van der Waals surface area contributed by atoms with Gasteiger partial charge < -0.3 is 14.8 Å². The van der Waals surface area contributed by atoms with Gasteiger partial charge in [-0.15, -0.1) is 0 Å². The van der Waals surface area contributed by atoms with Crippen LogP contribution in [0.4, 0.5) is 5.95 Å². The third-order valence-electron chi connectivity index (χ3n) is 4.10. The second kappa shape index (κ2) is 8.51. The van der Waals surface area contributed by atoms with Crippen molar-refractivity contribution >= 4 is 27.8 Å². The number of carbonyl (C=O) groups is 1.